The maximum atomic E-state index is 11.4. The van der Waals surface area contributed by atoms with Gasteiger partial charge in [-0.1, -0.05) is 0 Å². The molecule has 3 rings (SSSR count). The van der Waals surface area contributed by atoms with Gasteiger partial charge in [0, 0.05) is 0 Å². The van der Waals surface area contributed by atoms with Gasteiger partial charge in [0.15, 0.2) is 0 Å². The Morgan fingerprint density at radius 2 is 1.13 bits per heavy atom. The summed E-state index contributed by atoms with van der Waals surface area (Å²) in [7, 11) is -5.31. The van der Waals surface area contributed by atoms with E-state index in [9.17, 15) is 14.7 Å². The summed E-state index contributed by atoms with van der Waals surface area (Å²) >= 11 is 0. The van der Waals surface area contributed by atoms with Crippen LogP contribution in [0.15, 0.2) is 72.8 Å². The third kappa shape index (κ3) is 4.36. The molecule has 3 aromatic carbocycles. The van der Waals surface area contributed by atoms with Gasteiger partial charge in [0.05, 0.1) is 0 Å². The fourth-order valence-corrected chi connectivity index (χ4v) is 5.83. The Morgan fingerprint density at radius 1 is 0.600 bits per heavy atom. The topological polar surface area (TPSA) is 60.7 Å². The summed E-state index contributed by atoms with van der Waals surface area (Å²) in [5.74, 6) is 0. The summed E-state index contributed by atoms with van der Waals surface area (Å²) in [6, 6.07) is 22.3. The SMILES string of the molecule is CC(C)(C)c1ccc(P(O)(O)(O)c2ccc(-c3ccccc3)cc2)c(C(C)(C)C)c1. The molecule has 0 atom stereocenters. The van der Waals surface area contributed by atoms with Gasteiger partial charge in [-0.2, -0.15) is 0 Å². The minimum absolute atomic E-state index is 0.0906. The second-order valence-corrected chi connectivity index (χ2v) is 13.1. The van der Waals surface area contributed by atoms with Crippen molar-refractivity contribution in [1.29, 1.82) is 0 Å². The molecule has 0 aliphatic rings. The molecule has 0 aliphatic carbocycles. The van der Waals surface area contributed by atoms with Gasteiger partial charge >= 0.3 is 180 Å². The molecular weight excluding hydrogens is 391 g/mol. The Kier molecular flexibility index (Phi) is 5.50. The molecule has 0 amide bonds. The van der Waals surface area contributed by atoms with Crippen molar-refractivity contribution in [3.63, 3.8) is 0 Å². The van der Waals surface area contributed by atoms with Crippen LogP contribution in [0.2, 0.25) is 0 Å². The van der Waals surface area contributed by atoms with Crippen LogP contribution in [0.1, 0.15) is 52.7 Å². The van der Waals surface area contributed by atoms with Crippen LogP contribution < -0.4 is 10.6 Å². The first-order valence-corrected chi connectivity index (χ1v) is 12.4. The van der Waals surface area contributed by atoms with Crippen LogP contribution in [0.5, 0.6) is 0 Å². The van der Waals surface area contributed by atoms with E-state index in [2.05, 4.69) is 20.8 Å². The van der Waals surface area contributed by atoms with Crippen molar-refractivity contribution < 1.29 is 14.7 Å². The van der Waals surface area contributed by atoms with E-state index in [1.54, 1.807) is 18.2 Å². The zero-order valence-corrected chi connectivity index (χ0v) is 19.6. The van der Waals surface area contributed by atoms with Gasteiger partial charge in [-0.3, -0.25) is 0 Å². The molecule has 3 aromatic rings. The molecule has 0 aromatic heterocycles. The van der Waals surface area contributed by atoms with Crippen LogP contribution in [-0.4, -0.2) is 14.7 Å². The van der Waals surface area contributed by atoms with Crippen LogP contribution >= 0.6 is 7.28 Å². The predicted molar refractivity (Wildman–Crippen MR) is 129 cm³/mol. The van der Waals surface area contributed by atoms with E-state index < -0.39 is 7.28 Å². The van der Waals surface area contributed by atoms with E-state index in [-0.39, 0.29) is 21.4 Å². The van der Waals surface area contributed by atoms with Gasteiger partial charge < -0.3 is 0 Å². The Hall–Kier alpha value is -2.03. The van der Waals surface area contributed by atoms with Gasteiger partial charge in [-0.15, -0.1) is 0 Å². The second kappa shape index (κ2) is 7.28. The summed E-state index contributed by atoms with van der Waals surface area (Å²) in [5, 5.41) is 0.337. The van der Waals surface area contributed by atoms with Crippen LogP contribution in [0.3, 0.4) is 0 Å². The van der Waals surface area contributed by atoms with Crippen molar-refractivity contribution in [2.75, 3.05) is 0 Å². The zero-order chi connectivity index (χ0) is 22.4. The van der Waals surface area contributed by atoms with Crippen molar-refractivity contribution in [2.24, 2.45) is 0 Å². The van der Waals surface area contributed by atoms with E-state index in [1.165, 1.54) is 0 Å². The van der Waals surface area contributed by atoms with Gasteiger partial charge in [-0.05, 0) is 0 Å². The summed E-state index contributed by atoms with van der Waals surface area (Å²) < 4.78 is 0. The number of hydrogen-bond acceptors (Lipinski definition) is 3. The van der Waals surface area contributed by atoms with Crippen molar-refractivity contribution in [2.45, 2.75) is 52.4 Å². The molecule has 30 heavy (non-hydrogen) atoms. The Bertz CT molecular complexity index is 1030. The third-order valence-electron chi connectivity index (χ3n) is 5.56. The van der Waals surface area contributed by atoms with E-state index in [4.69, 9.17) is 0 Å². The molecule has 0 fully saturated rings. The Balaban J connectivity index is 2.15. The Labute approximate surface area is 180 Å². The molecule has 0 saturated carbocycles. The fraction of sp³-hybridized carbons (Fsp3) is 0.308. The normalized spacial score (nSPS) is 14.2. The van der Waals surface area contributed by atoms with Crippen LogP contribution in [-0.2, 0) is 10.8 Å². The number of rotatable bonds is 3. The molecule has 3 N–H and O–H groups in total. The quantitative estimate of drug-likeness (QED) is 0.508. The van der Waals surface area contributed by atoms with Crippen molar-refractivity contribution in [3.05, 3.63) is 83.9 Å². The van der Waals surface area contributed by atoms with Gasteiger partial charge in [0.1, 0.15) is 0 Å². The summed E-state index contributed by atoms with van der Waals surface area (Å²) in [5.41, 5.74) is 3.34. The van der Waals surface area contributed by atoms with Crippen LogP contribution in [0, 0.1) is 0 Å². The summed E-state index contributed by atoms with van der Waals surface area (Å²) in [6.45, 7) is 12.4. The molecule has 0 heterocycles. The summed E-state index contributed by atoms with van der Waals surface area (Å²) in [6.07, 6.45) is 0. The zero-order valence-electron chi connectivity index (χ0n) is 18.7. The molecule has 0 saturated heterocycles. The van der Waals surface area contributed by atoms with Crippen molar-refractivity contribution in [1.82, 2.24) is 0 Å². The molecule has 4 heteroatoms. The first-order chi connectivity index (χ1) is 13.7. The Morgan fingerprint density at radius 3 is 1.63 bits per heavy atom. The van der Waals surface area contributed by atoms with E-state index >= 15 is 0 Å². The monoisotopic (exact) mass is 424 g/mol. The van der Waals surface area contributed by atoms with E-state index in [0.29, 0.717) is 0 Å². The minimum atomic E-state index is -5.31. The maximum absolute atomic E-state index is 11.4. The predicted octanol–water partition coefficient (Wildman–Crippen LogP) is 5.17. The molecular formula is C26H33O3P. The number of hydrogen-bond donors (Lipinski definition) is 3. The van der Waals surface area contributed by atoms with E-state index in [0.717, 1.165) is 22.3 Å². The molecule has 160 valence electrons. The van der Waals surface area contributed by atoms with Crippen LogP contribution in [0.4, 0.5) is 0 Å². The molecule has 0 aliphatic heterocycles. The fourth-order valence-electron chi connectivity index (χ4n) is 3.66. The molecule has 3 nitrogen and oxygen atoms in total. The first-order valence-electron chi connectivity index (χ1n) is 10.3. The van der Waals surface area contributed by atoms with Crippen molar-refractivity contribution in [3.8, 4) is 11.1 Å². The van der Waals surface area contributed by atoms with Gasteiger partial charge in [0.2, 0.25) is 0 Å². The number of benzene rings is 3. The standard InChI is InChI=1S/C26H33O3P/c1-25(2,3)21-14-17-24(23(18-21)26(4,5)6)30(27,28,29)22-15-12-20(13-16-22)19-10-8-7-9-11-19/h7-18,27-29H,1-6H3. The molecule has 0 bridgehead atoms. The first kappa shape index (κ1) is 22.7. The van der Waals surface area contributed by atoms with Crippen molar-refractivity contribution >= 4 is 17.9 Å². The summed E-state index contributed by atoms with van der Waals surface area (Å²) in [4.78, 5) is 34.1. The molecule has 0 unspecified atom stereocenters. The van der Waals surface area contributed by atoms with Gasteiger partial charge in [0.25, 0.3) is 0 Å². The van der Waals surface area contributed by atoms with Gasteiger partial charge in [-0.25, -0.2) is 0 Å². The third-order valence-corrected chi connectivity index (χ3v) is 8.09. The molecule has 0 spiro atoms. The molecule has 0 radical (unpaired) electrons. The average molecular weight is 425 g/mol. The van der Waals surface area contributed by atoms with Crippen LogP contribution in [0.25, 0.3) is 11.1 Å². The average Bonchev–Trinajstić information content (AvgIpc) is 2.67. The second-order valence-electron chi connectivity index (χ2n) is 10.1. The van der Waals surface area contributed by atoms with E-state index in [1.807, 2.05) is 75.4 Å².